The smallest absolute Gasteiger partial charge is 0.317 e. The highest BCUT2D eigenvalue weighted by atomic mass is 16.5. The number of carbonyl (C=O) groups excluding carboxylic acids is 1. The van der Waals surface area contributed by atoms with Crippen molar-refractivity contribution in [2.75, 3.05) is 17.7 Å². The average Bonchev–Trinajstić information content (AvgIpc) is 3.26. The van der Waals surface area contributed by atoms with Crippen LogP contribution in [0, 0.1) is 0 Å². The van der Waals surface area contributed by atoms with Gasteiger partial charge in [-0.25, -0.2) is 9.98 Å². The van der Waals surface area contributed by atoms with Crippen molar-refractivity contribution in [1.82, 2.24) is 15.2 Å². The van der Waals surface area contributed by atoms with Crippen molar-refractivity contribution in [1.29, 1.82) is 0 Å². The molecule has 1 aliphatic rings. The Hall–Kier alpha value is -4.53. The molecule has 1 unspecified atom stereocenters. The van der Waals surface area contributed by atoms with Crippen molar-refractivity contribution >= 4 is 23.3 Å². The number of carbonyl (C=O) groups is 1. The Kier molecular flexibility index (Phi) is 5.04. The minimum Gasteiger partial charge on any atom is -0.495 e. The lowest BCUT2D eigenvalue weighted by Crippen LogP contribution is -2.32. The van der Waals surface area contributed by atoms with Gasteiger partial charge < -0.3 is 19.8 Å². The summed E-state index contributed by atoms with van der Waals surface area (Å²) in [6, 6.07) is 20.7. The number of anilines is 2. The van der Waals surface area contributed by atoms with E-state index < -0.39 is 6.17 Å². The van der Waals surface area contributed by atoms with E-state index in [0.29, 0.717) is 22.8 Å². The second-order valence-electron chi connectivity index (χ2n) is 6.92. The van der Waals surface area contributed by atoms with Gasteiger partial charge in [0.15, 0.2) is 0 Å². The molecule has 3 heterocycles. The Morgan fingerprint density at radius 2 is 1.81 bits per heavy atom. The number of aliphatic imine (C=N–C) groups is 1. The van der Waals surface area contributed by atoms with E-state index in [1.165, 1.54) is 0 Å². The van der Waals surface area contributed by atoms with E-state index in [2.05, 4.69) is 25.8 Å². The number of hydrogen-bond acceptors (Lipinski definition) is 8. The van der Waals surface area contributed by atoms with Gasteiger partial charge in [0.05, 0.1) is 24.7 Å². The third-order valence-electron chi connectivity index (χ3n) is 4.87. The maximum atomic E-state index is 12.9. The third kappa shape index (κ3) is 3.79. The van der Waals surface area contributed by atoms with Crippen molar-refractivity contribution in [3.8, 4) is 17.3 Å². The average molecular weight is 426 g/mol. The zero-order valence-corrected chi connectivity index (χ0v) is 17.0. The summed E-state index contributed by atoms with van der Waals surface area (Å²) >= 11 is 0. The van der Waals surface area contributed by atoms with E-state index in [4.69, 9.17) is 14.1 Å². The van der Waals surface area contributed by atoms with Crippen molar-refractivity contribution < 1.29 is 13.9 Å². The Morgan fingerprint density at radius 3 is 2.59 bits per heavy atom. The molecule has 0 aliphatic carbocycles. The van der Waals surface area contributed by atoms with E-state index in [-0.39, 0.29) is 17.8 Å². The van der Waals surface area contributed by atoms with Crippen LogP contribution in [0.15, 0.2) is 82.3 Å². The van der Waals surface area contributed by atoms with Gasteiger partial charge in [0.2, 0.25) is 6.17 Å². The normalized spacial score (nSPS) is 15.2. The number of para-hydroxylation sites is 1. The summed E-state index contributed by atoms with van der Waals surface area (Å²) in [5, 5.41) is 13.8. The minimum atomic E-state index is -0.977. The highest BCUT2D eigenvalue weighted by molar-refractivity contribution is 6.19. The van der Waals surface area contributed by atoms with Crippen molar-refractivity contribution in [2.24, 2.45) is 4.99 Å². The molecule has 9 nitrogen and oxygen atoms in total. The fourth-order valence-electron chi connectivity index (χ4n) is 3.31. The summed E-state index contributed by atoms with van der Waals surface area (Å²) in [6.45, 7) is 0. The van der Waals surface area contributed by atoms with Crippen LogP contribution in [0.3, 0.4) is 0 Å². The number of rotatable bonds is 5. The highest BCUT2D eigenvalue weighted by Crippen LogP contribution is 2.25. The molecule has 32 heavy (non-hydrogen) atoms. The number of aromatic nitrogens is 3. The van der Waals surface area contributed by atoms with Crippen molar-refractivity contribution in [2.45, 2.75) is 6.17 Å². The first-order valence-electron chi connectivity index (χ1n) is 9.85. The summed E-state index contributed by atoms with van der Waals surface area (Å²) in [7, 11) is 1.56. The van der Waals surface area contributed by atoms with Crippen LogP contribution in [0.1, 0.15) is 11.1 Å². The molecule has 0 saturated carbocycles. The Morgan fingerprint density at radius 1 is 1.00 bits per heavy atom. The fourth-order valence-corrected chi connectivity index (χ4v) is 3.31. The van der Waals surface area contributed by atoms with Gasteiger partial charge in [0.1, 0.15) is 11.4 Å². The highest BCUT2D eigenvalue weighted by Gasteiger charge is 2.27. The first-order chi connectivity index (χ1) is 15.7. The molecule has 158 valence electrons. The van der Waals surface area contributed by atoms with Crippen LogP contribution in [-0.2, 0) is 4.79 Å². The lowest BCUT2D eigenvalue weighted by atomic mass is 10.0. The van der Waals surface area contributed by atoms with Crippen LogP contribution in [0.4, 0.5) is 11.7 Å². The number of hydrogen-bond donors (Lipinski definition) is 2. The SMILES string of the molecule is COc1ccc(-c2nnc(NC3N=C(c4ccccc4)c4ccccc4NC3=O)o2)nc1. The topological polar surface area (TPSA) is 115 Å². The van der Waals surface area contributed by atoms with Crippen LogP contribution < -0.4 is 15.4 Å². The van der Waals surface area contributed by atoms with Crippen LogP contribution in [0.2, 0.25) is 0 Å². The molecule has 1 aliphatic heterocycles. The molecule has 0 fully saturated rings. The number of nitrogens with zero attached hydrogens (tertiary/aromatic N) is 4. The number of benzodiazepines with no additional fused rings is 1. The van der Waals surface area contributed by atoms with Crippen molar-refractivity contribution in [3.63, 3.8) is 0 Å². The van der Waals surface area contributed by atoms with Gasteiger partial charge >= 0.3 is 6.01 Å². The maximum absolute atomic E-state index is 12.9. The molecule has 0 saturated heterocycles. The number of amides is 1. The molecule has 4 aromatic rings. The van der Waals surface area contributed by atoms with Gasteiger partial charge in [0, 0.05) is 11.1 Å². The summed E-state index contributed by atoms with van der Waals surface area (Å²) in [6.07, 6.45) is 0.577. The van der Waals surface area contributed by atoms with Crippen molar-refractivity contribution in [3.05, 3.63) is 84.1 Å². The summed E-state index contributed by atoms with van der Waals surface area (Å²) in [5.74, 6) is 0.481. The number of ether oxygens (including phenoxy) is 1. The van der Waals surface area contributed by atoms with Crippen LogP contribution in [0.5, 0.6) is 5.75 Å². The van der Waals surface area contributed by atoms with Gasteiger partial charge in [-0.2, -0.15) is 0 Å². The molecule has 2 aromatic heterocycles. The molecular weight excluding hydrogens is 408 g/mol. The summed E-state index contributed by atoms with van der Waals surface area (Å²) in [4.78, 5) is 21.8. The Bertz CT molecular complexity index is 1280. The molecular formula is C23H18N6O3. The Labute approximate surface area is 183 Å². The van der Waals surface area contributed by atoms with Gasteiger partial charge in [-0.1, -0.05) is 53.6 Å². The second kappa shape index (κ2) is 8.31. The predicted octanol–water partition coefficient (Wildman–Crippen LogP) is 3.37. The van der Waals surface area contributed by atoms with Crippen LogP contribution in [0.25, 0.3) is 11.6 Å². The lowest BCUT2D eigenvalue weighted by molar-refractivity contribution is -0.116. The third-order valence-corrected chi connectivity index (χ3v) is 4.87. The molecule has 9 heteroatoms. The van der Waals surface area contributed by atoms with Crippen LogP contribution >= 0.6 is 0 Å². The number of fused-ring (bicyclic) bond motifs is 1. The van der Waals surface area contributed by atoms with E-state index in [1.807, 2.05) is 54.6 Å². The second-order valence-corrected chi connectivity index (χ2v) is 6.92. The zero-order chi connectivity index (χ0) is 21.9. The predicted molar refractivity (Wildman–Crippen MR) is 119 cm³/mol. The molecule has 0 radical (unpaired) electrons. The Balaban J connectivity index is 1.47. The van der Waals surface area contributed by atoms with E-state index >= 15 is 0 Å². The standard InChI is InChI=1S/C23H18N6O3/c1-31-15-11-12-18(24-13-15)22-28-29-23(32-22)27-20-21(30)25-17-10-6-5-9-16(17)19(26-20)14-7-3-2-4-8-14/h2-13,20H,1H3,(H,25,30)(H,27,29). The van der Waals surface area contributed by atoms with E-state index in [9.17, 15) is 4.79 Å². The molecule has 0 spiro atoms. The van der Waals surface area contributed by atoms with Gasteiger partial charge in [0.25, 0.3) is 11.8 Å². The largest absolute Gasteiger partial charge is 0.495 e. The lowest BCUT2D eigenvalue weighted by Gasteiger charge is -2.11. The zero-order valence-electron chi connectivity index (χ0n) is 17.0. The molecule has 2 N–H and O–H groups in total. The molecule has 1 atom stereocenters. The molecule has 2 aromatic carbocycles. The number of pyridine rings is 1. The molecule has 0 bridgehead atoms. The molecule has 1 amide bonds. The molecule has 5 rings (SSSR count). The minimum absolute atomic E-state index is 0.0554. The monoisotopic (exact) mass is 426 g/mol. The number of methoxy groups -OCH3 is 1. The first kappa shape index (κ1) is 19.4. The van der Waals surface area contributed by atoms with Crippen LogP contribution in [-0.4, -0.2) is 40.1 Å². The quantitative estimate of drug-likeness (QED) is 0.503. The fraction of sp³-hybridized carbons (Fsp3) is 0.0870. The summed E-state index contributed by atoms with van der Waals surface area (Å²) in [5.41, 5.74) is 3.55. The van der Waals surface area contributed by atoms with Gasteiger partial charge in [-0.05, 0) is 18.2 Å². The van der Waals surface area contributed by atoms with E-state index in [1.54, 1.807) is 25.4 Å². The van der Waals surface area contributed by atoms with Gasteiger partial charge in [-0.3, -0.25) is 4.79 Å². The van der Waals surface area contributed by atoms with Gasteiger partial charge in [-0.15, -0.1) is 5.10 Å². The summed E-state index contributed by atoms with van der Waals surface area (Å²) < 4.78 is 10.8. The number of benzene rings is 2. The first-order valence-corrected chi connectivity index (χ1v) is 9.85. The number of nitrogens with one attached hydrogen (secondary N) is 2. The van der Waals surface area contributed by atoms with E-state index in [0.717, 1.165) is 11.1 Å². The maximum Gasteiger partial charge on any atom is 0.317 e.